The molecule has 9 heteroatoms. The highest BCUT2D eigenvalue weighted by Crippen LogP contribution is 2.25. The van der Waals surface area contributed by atoms with E-state index in [0.717, 1.165) is 19.3 Å². The lowest BCUT2D eigenvalue weighted by Gasteiger charge is -2.32. The summed E-state index contributed by atoms with van der Waals surface area (Å²) in [6, 6.07) is 7.43. The highest BCUT2D eigenvalue weighted by Gasteiger charge is 2.31. The van der Waals surface area contributed by atoms with E-state index in [2.05, 4.69) is 5.32 Å². The van der Waals surface area contributed by atoms with Gasteiger partial charge in [-0.1, -0.05) is 12.5 Å². The Morgan fingerprint density at radius 2 is 2.15 bits per heavy atom. The Morgan fingerprint density at radius 1 is 1.37 bits per heavy atom. The first-order valence-corrected chi connectivity index (χ1v) is 10.2. The molecule has 146 valence electrons. The van der Waals surface area contributed by atoms with Crippen LogP contribution >= 0.6 is 0 Å². The second kappa shape index (κ2) is 9.48. The number of nitrogens with zero attached hydrogens (tertiary/aromatic N) is 2. The summed E-state index contributed by atoms with van der Waals surface area (Å²) < 4.78 is 32.1. The molecule has 0 aromatic heterocycles. The summed E-state index contributed by atoms with van der Waals surface area (Å²) in [5, 5.41) is 10.8. The highest BCUT2D eigenvalue weighted by molar-refractivity contribution is 7.89. The van der Waals surface area contributed by atoms with Gasteiger partial charge >= 0.3 is 5.97 Å². The molecule has 8 nitrogen and oxygen atoms in total. The average Bonchev–Trinajstić information content (AvgIpc) is 2.66. The third-order valence-electron chi connectivity index (χ3n) is 4.31. The number of rotatable bonds is 7. The zero-order valence-corrected chi connectivity index (χ0v) is 16.0. The van der Waals surface area contributed by atoms with Gasteiger partial charge in [0.2, 0.25) is 10.0 Å². The monoisotopic (exact) mass is 393 g/mol. The number of carbonyl (C=O) groups excluding carboxylic acids is 2. The Hall–Kier alpha value is -2.44. The van der Waals surface area contributed by atoms with Crippen LogP contribution in [-0.2, 0) is 19.6 Å². The molecule has 0 saturated carbocycles. The summed E-state index contributed by atoms with van der Waals surface area (Å²) in [4.78, 5) is 23.7. The number of nitriles is 1. The van der Waals surface area contributed by atoms with Crippen LogP contribution in [0.5, 0.6) is 0 Å². The molecule has 0 bridgehead atoms. The van der Waals surface area contributed by atoms with Gasteiger partial charge in [0.25, 0.3) is 5.91 Å². The fourth-order valence-electron chi connectivity index (χ4n) is 2.87. The van der Waals surface area contributed by atoms with Crippen molar-refractivity contribution >= 4 is 21.9 Å². The van der Waals surface area contributed by atoms with Crippen LogP contribution < -0.4 is 5.32 Å². The minimum Gasteiger partial charge on any atom is -0.452 e. The van der Waals surface area contributed by atoms with Crippen LogP contribution in [0.3, 0.4) is 0 Å². The van der Waals surface area contributed by atoms with E-state index < -0.39 is 28.5 Å². The van der Waals surface area contributed by atoms with Crippen molar-refractivity contribution < 1.29 is 22.7 Å². The van der Waals surface area contributed by atoms with Gasteiger partial charge in [-0.2, -0.15) is 9.57 Å². The Labute approximate surface area is 159 Å². The normalized spacial score (nSPS) is 17.7. The molecule has 1 aromatic carbocycles. The van der Waals surface area contributed by atoms with Crippen LogP contribution in [0.4, 0.5) is 0 Å². The van der Waals surface area contributed by atoms with Gasteiger partial charge in [-0.15, -0.1) is 0 Å². The van der Waals surface area contributed by atoms with Gasteiger partial charge in [0, 0.05) is 19.1 Å². The van der Waals surface area contributed by atoms with Crippen LogP contribution in [0.25, 0.3) is 0 Å². The quantitative estimate of drug-likeness (QED) is 0.553. The molecule has 0 aliphatic carbocycles. The zero-order valence-electron chi connectivity index (χ0n) is 15.2. The summed E-state index contributed by atoms with van der Waals surface area (Å²) in [5.74, 6) is -1.31. The van der Waals surface area contributed by atoms with E-state index in [1.54, 1.807) is 0 Å². The number of esters is 1. The number of hydrogen-bond donors (Lipinski definition) is 1. The maximum Gasteiger partial charge on any atom is 0.338 e. The molecule has 0 spiro atoms. The zero-order chi connectivity index (χ0) is 19.9. The summed E-state index contributed by atoms with van der Waals surface area (Å²) in [5.41, 5.74) is 0.0607. The predicted molar refractivity (Wildman–Crippen MR) is 97.2 cm³/mol. The first-order chi connectivity index (χ1) is 12.9. The summed E-state index contributed by atoms with van der Waals surface area (Å²) in [6.45, 7) is 2.01. The van der Waals surface area contributed by atoms with Gasteiger partial charge < -0.3 is 10.1 Å². The molecule has 1 amide bonds. The Morgan fingerprint density at radius 3 is 2.85 bits per heavy atom. The van der Waals surface area contributed by atoms with Crippen LogP contribution in [0.1, 0.15) is 43.0 Å². The van der Waals surface area contributed by atoms with Gasteiger partial charge in [0.05, 0.1) is 22.9 Å². The van der Waals surface area contributed by atoms with Crippen LogP contribution in [0.15, 0.2) is 29.2 Å². The number of benzene rings is 1. The molecule has 0 unspecified atom stereocenters. The van der Waals surface area contributed by atoms with E-state index in [9.17, 15) is 18.0 Å². The third-order valence-corrected chi connectivity index (χ3v) is 6.32. The lowest BCUT2D eigenvalue weighted by molar-refractivity contribution is -0.124. The topological polar surface area (TPSA) is 117 Å². The SMILES string of the molecule is C[C@H]1CCCCN1S(=O)(=O)c1cccc(C(=O)OCC(=O)NCCC#N)c1. The van der Waals surface area contributed by atoms with Crippen molar-refractivity contribution in [3.63, 3.8) is 0 Å². The van der Waals surface area contributed by atoms with E-state index in [1.165, 1.54) is 28.6 Å². The van der Waals surface area contributed by atoms with Gasteiger partial charge in [0.1, 0.15) is 0 Å². The van der Waals surface area contributed by atoms with Crippen molar-refractivity contribution in [3.8, 4) is 6.07 Å². The van der Waals surface area contributed by atoms with Gasteiger partial charge in [-0.25, -0.2) is 13.2 Å². The lowest BCUT2D eigenvalue weighted by Crippen LogP contribution is -2.41. The minimum atomic E-state index is -3.70. The first kappa shape index (κ1) is 20.9. The van der Waals surface area contributed by atoms with E-state index in [0.29, 0.717) is 6.54 Å². The third kappa shape index (κ3) is 5.52. The number of piperidine rings is 1. The van der Waals surface area contributed by atoms with Gasteiger partial charge in [0.15, 0.2) is 6.61 Å². The molecule has 27 heavy (non-hydrogen) atoms. The van der Waals surface area contributed by atoms with Crippen LogP contribution in [0, 0.1) is 11.3 Å². The molecule has 1 aromatic rings. The number of carbonyl (C=O) groups is 2. The number of amides is 1. The molecule has 2 rings (SSSR count). The molecule has 1 heterocycles. The van der Waals surface area contributed by atoms with Crippen molar-refractivity contribution in [2.75, 3.05) is 19.7 Å². The number of ether oxygens (including phenoxy) is 1. The average molecular weight is 393 g/mol. The summed E-state index contributed by atoms with van der Waals surface area (Å²) >= 11 is 0. The van der Waals surface area contributed by atoms with E-state index in [1.807, 2.05) is 13.0 Å². The largest absolute Gasteiger partial charge is 0.452 e. The molecule has 0 radical (unpaired) electrons. The van der Waals surface area contributed by atoms with Crippen molar-refractivity contribution in [2.45, 2.75) is 43.5 Å². The van der Waals surface area contributed by atoms with Crippen LogP contribution in [0.2, 0.25) is 0 Å². The molecule has 1 atom stereocenters. The maximum absolute atomic E-state index is 12.9. The van der Waals surface area contributed by atoms with Crippen LogP contribution in [-0.4, -0.2) is 50.3 Å². The van der Waals surface area contributed by atoms with Crippen molar-refractivity contribution in [1.82, 2.24) is 9.62 Å². The summed E-state index contributed by atoms with van der Waals surface area (Å²) in [6.07, 6.45) is 2.78. The van der Waals surface area contributed by atoms with E-state index in [-0.39, 0.29) is 29.5 Å². The van der Waals surface area contributed by atoms with Crippen molar-refractivity contribution in [1.29, 1.82) is 5.26 Å². The smallest absolute Gasteiger partial charge is 0.338 e. The number of sulfonamides is 1. The molecular weight excluding hydrogens is 370 g/mol. The molecule has 1 fully saturated rings. The standard InChI is InChI=1S/C18H23N3O5S/c1-14-6-2-3-11-21(14)27(24,25)16-8-4-7-15(12-16)18(23)26-13-17(22)20-10-5-9-19/h4,7-8,12,14H,2-3,5-6,10-11,13H2,1H3,(H,20,22)/t14-/m0/s1. The maximum atomic E-state index is 12.9. The van der Waals surface area contributed by atoms with Crippen molar-refractivity contribution in [3.05, 3.63) is 29.8 Å². The van der Waals surface area contributed by atoms with Crippen molar-refractivity contribution in [2.24, 2.45) is 0 Å². The second-order valence-corrected chi connectivity index (χ2v) is 8.21. The van der Waals surface area contributed by atoms with Gasteiger partial charge in [-0.3, -0.25) is 4.79 Å². The molecule has 1 saturated heterocycles. The molecule has 1 N–H and O–H groups in total. The second-order valence-electron chi connectivity index (χ2n) is 6.32. The number of nitrogens with one attached hydrogen (secondary N) is 1. The predicted octanol–water partition coefficient (Wildman–Crippen LogP) is 1.44. The van der Waals surface area contributed by atoms with E-state index >= 15 is 0 Å². The fraction of sp³-hybridized carbons (Fsp3) is 0.500. The molecular formula is C18H23N3O5S. The first-order valence-electron chi connectivity index (χ1n) is 8.79. The highest BCUT2D eigenvalue weighted by atomic mass is 32.2. The lowest BCUT2D eigenvalue weighted by atomic mass is 10.1. The molecule has 1 aliphatic heterocycles. The van der Waals surface area contributed by atoms with Gasteiger partial charge in [-0.05, 0) is 38.0 Å². The Kier molecular flexibility index (Phi) is 7.33. The number of hydrogen-bond acceptors (Lipinski definition) is 6. The minimum absolute atomic E-state index is 0.0316. The summed E-state index contributed by atoms with van der Waals surface area (Å²) in [7, 11) is -3.70. The Balaban J connectivity index is 2.05. The Bertz CT molecular complexity index is 832. The van der Waals surface area contributed by atoms with E-state index in [4.69, 9.17) is 10.00 Å². The fourth-order valence-corrected chi connectivity index (χ4v) is 4.62. The molecule has 1 aliphatic rings.